The predicted molar refractivity (Wildman–Crippen MR) is 76.0 cm³/mol. The minimum Gasteiger partial charge on any atom is -0.358 e. The van der Waals surface area contributed by atoms with Crippen LogP contribution in [0.25, 0.3) is 0 Å². The highest BCUT2D eigenvalue weighted by Gasteiger charge is 2.41. The van der Waals surface area contributed by atoms with E-state index in [0.717, 1.165) is 25.8 Å². The van der Waals surface area contributed by atoms with Gasteiger partial charge in [-0.3, -0.25) is 9.00 Å². The highest BCUT2D eigenvalue weighted by Crippen LogP contribution is 2.37. The van der Waals surface area contributed by atoms with Crippen LogP contribution in [0.2, 0.25) is 0 Å². The molecule has 18 heavy (non-hydrogen) atoms. The molecule has 0 heterocycles. The Kier molecular flexibility index (Phi) is 5.79. The Hall–Kier alpha value is -0.420. The van der Waals surface area contributed by atoms with Crippen LogP contribution in [0, 0.1) is 5.41 Å². The van der Waals surface area contributed by atoms with Gasteiger partial charge in [0.05, 0.1) is 5.25 Å². The average Bonchev–Trinajstić information content (AvgIpc) is 2.31. The van der Waals surface area contributed by atoms with Gasteiger partial charge >= 0.3 is 0 Å². The number of carbonyl (C=O) groups excluding carboxylic acids is 1. The predicted octanol–water partition coefficient (Wildman–Crippen LogP) is 1.04. The van der Waals surface area contributed by atoms with Gasteiger partial charge in [0, 0.05) is 23.9 Å². The number of amides is 1. The summed E-state index contributed by atoms with van der Waals surface area (Å²) in [4.78, 5) is 11.4. The zero-order chi connectivity index (χ0) is 13.8. The first kappa shape index (κ1) is 15.6. The van der Waals surface area contributed by atoms with Crippen LogP contribution >= 0.6 is 0 Å². The van der Waals surface area contributed by atoms with Crippen molar-refractivity contribution >= 4 is 16.7 Å². The van der Waals surface area contributed by atoms with Crippen molar-refractivity contribution in [3.8, 4) is 0 Å². The lowest BCUT2D eigenvalue weighted by molar-refractivity contribution is -0.118. The first-order valence-corrected chi connectivity index (χ1v) is 8.11. The summed E-state index contributed by atoms with van der Waals surface area (Å²) < 4.78 is 12.4. The van der Waals surface area contributed by atoms with Crippen molar-refractivity contribution in [1.29, 1.82) is 0 Å². The van der Waals surface area contributed by atoms with Crippen LogP contribution in [0.5, 0.6) is 0 Å². The Morgan fingerprint density at radius 1 is 1.44 bits per heavy atom. The van der Waals surface area contributed by atoms with Crippen LogP contribution < -0.4 is 10.6 Å². The molecule has 1 aliphatic carbocycles. The summed E-state index contributed by atoms with van der Waals surface area (Å²) >= 11 is 0. The van der Waals surface area contributed by atoms with Gasteiger partial charge in [-0.15, -0.1) is 0 Å². The van der Waals surface area contributed by atoms with Crippen LogP contribution in [0.1, 0.15) is 40.0 Å². The number of nitrogens with one attached hydrogen (secondary N) is 2. The highest BCUT2D eigenvalue weighted by atomic mass is 32.2. The monoisotopic (exact) mass is 274 g/mol. The zero-order valence-corrected chi connectivity index (χ0v) is 12.7. The topological polar surface area (TPSA) is 58.2 Å². The molecule has 0 radical (unpaired) electrons. The molecule has 1 fully saturated rings. The quantitative estimate of drug-likeness (QED) is 0.787. The molecule has 1 amide bonds. The van der Waals surface area contributed by atoms with Crippen LogP contribution in [0.3, 0.4) is 0 Å². The molecular formula is C13H26N2O2S. The Labute approximate surface area is 113 Å². The number of hydrogen-bond acceptors (Lipinski definition) is 3. The fraction of sp³-hybridized carbons (Fsp3) is 0.923. The third kappa shape index (κ3) is 3.79. The van der Waals surface area contributed by atoms with E-state index in [1.807, 2.05) is 0 Å². The molecule has 4 nitrogen and oxygen atoms in total. The Morgan fingerprint density at radius 3 is 2.67 bits per heavy atom. The van der Waals surface area contributed by atoms with Crippen molar-refractivity contribution in [2.75, 3.05) is 19.3 Å². The first-order valence-electron chi connectivity index (χ1n) is 6.73. The van der Waals surface area contributed by atoms with E-state index in [4.69, 9.17) is 0 Å². The van der Waals surface area contributed by atoms with E-state index < -0.39 is 10.8 Å². The molecule has 5 heteroatoms. The van der Waals surface area contributed by atoms with Gasteiger partial charge < -0.3 is 10.6 Å². The van der Waals surface area contributed by atoms with Crippen molar-refractivity contribution in [2.45, 2.75) is 51.3 Å². The summed E-state index contributed by atoms with van der Waals surface area (Å²) in [6, 6.07) is 0.238. The lowest BCUT2D eigenvalue weighted by atomic mass is 9.73. The number of hydrogen-bond donors (Lipinski definition) is 2. The summed E-state index contributed by atoms with van der Waals surface area (Å²) in [5, 5.41) is 6.11. The molecule has 3 unspecified atom stereocenters. The molecule has 0 aromatic rings. The van der Waals surface area contributed by atoms with Gasteiger partial charge in [0.1, 0.15) is 5.75 Å². The van der Waals surface area contributed by atoms with Crippen molar-refractivity contribution in [3.63, 3.8) is 0 Å². The van der Waals surface area contributed by atoms with Gasteiger partial charge in [-0.2, -0.15) is 0 Å². The first-order chi connectivity index (χ1) is 8.42. The second kappa shape index (κ2) is 6.66. The van der Waals surface area contributed by atoms with E-state index in [1.54, 1.807) is 7.05 Å². The molecule has 1 aliphatic rings. The van der Waals surface area contributed by atoms with Crippen molar-refractivity contribution < 1.29 is 9.00 Å². The van der Waals surface area contributed by atoms with E-state index in [1.165, 1.54) is 0 Å². The van der Waals surface area contributed by atoms with E-state index >= 15 is 0 Å². The molecule has 0 aromatic carbocycles. The second-order valence-corrected chi connectivity index (χ2v) is 7.31. The van der Waals surface area contributed by atoms with Gasteiger partial charge in [0.2, 0.25) is 5.91 Å². The number of rotatable bonds is 5. The minimum absolute atomic E-state index is 0.0889. The molecule has 0 aliphatic heterocycles. The summed E-state index contributed by atoms with van der Waals surface area (Å²) in [6.07, 6.45) is 3.20. The van der Waals surface area contributed by atoms with Gasteiger partial charge in [0.15, 0.2) is 0 Å². The maximum atomic E-state index is 12.4. The fourth-order valence-electron chi connectivity index (χ4n) is 2.80. The largest absolute Gasteiger partial charge is 0.358 e. The molecule has 0 saturated heterocycles. The highest BCUT2D eigenvalue weighted by molar-refractivity contribution is 7.86. The van der Waals surface area contributed by atoms with Crippen LogP contribution in [0.15, 0.2) is 0 Å². The lowest BCUT2D eigenvalue weighted by Crippen LogP contribution is -2.54. The van der Waals surface area contributed by atoms with Gasteiger partial charge in [-0.1, -0.05) is 27.2 Å². The Balaban J connectivity index is 2.77. The van der Waals surface area contributed by atoms with E-state index in [-0.39, 0.29) is 28.4 Å². The van der Waals surface area contributed by atoms with E-state index in [0.29, 0.717) is 0 Å². The van der Waals surface area contributed by atoms with Crippen molar-refractivity contribution in [2.24, 2.45) is 5.41 Å². The maximum absolute atomic E-state index is 12.4. The van der Waals surface area contributed by atoms with E-state index in [9.17, 15) is 9.00 Å². The standard InChI is InChI=1S/C13H26N2O2S/c1-5-15-12-10(7-6-8-13(12,2)3)18(17)9-11(16)14-4/h10,12,15H,5-9H2,1-4H3,(H,14,16). The Morgan fingerprint density at radius 2 is 2.11 bits per heavy atom. The van der Waals surface area contributed by atoms with Crippen molar-refractivity contribution in [1.82, 2.24) is 10.6 Å². The third-order valence-corrected chi connectivity index (χ3v) is 5.57. The van der Waals surface area contributed by atoms with Gasteiger partial charge in [-0.05, 0) is 24.8 Å². The number of carbonyl (C=O) groups is 1. The Bertz CT molecular complexity index is 318. The normalized spacial score (nSPS) is 28.7. The summed E-state index contributed by atoms with van der Waals surface area (Å²) in [5.41, 5.74) is 0.150. The maximum Gasteiger partial charge on any atom is 0.232 e. The summed E-state index contributed by atoms with van der Waals surface area (Å²) in [5.74, 6) is -0.00830. The average molecular weight is 274 g/mol. The molecule has 2 N–H and O–H groups in total. The summed E-state index contributed by atoms with van der Waals surface area (Å²) in [7, 11) is 0.500. The van der Waals surface area contributed by atoms with Crippen molar-refractivity contribution in [3.05, 3.63) is 0 Å². The molecule has 3 atom stereocenters. The molecule has 1 saturated carbocycles. The lowest BCUT2D eigenvalue weighted by Gasteiger charge is -2.44. The van der Waals surface area contributed by atoms with Gasteiger partial charge in [0.25, 0.3) is 0 Å². The molecule has 0 aromatic heterocycles. The van der Waals surface area contributed by atoms with Crippen LogP contribution in [-0.2, 0) is 15.6 Å². The van der Waals surface area contributed by atoms with Crippen LogP contribution in [-0.4, -0.2) is 40.8 Å². The van der Waals surface area contributed by atoms with Crippen LogP contribution in [0.4, 0.5) is 0 Å². The minimum atomic E-state index is -1.09. The molecule has 0 bridgehead atoms. The smallest absolute Gasteiger partial charge is 0.232 e. The van der Waals surface area contributed by atoms with Gasteiger partial charge in [-0.25, -0.2) is 0 Å². The third-order valence-electron chi connectivity index (χ3n) is 3.84. The molecular weight excluding hydrogens is 248 g/mol. The second-order valence-electron chi connectivity index (χ2n) is 5.65. The molecule has 0 spiro atoms. The molecule has 106 valence electrons. The SMILES string of the molecule is CCNC1C(S(=O)CC(=O)NC)CCCC1(C)C. The van der Waals surface area contributed by atoms with E-state index in [2.05, 4.69) is 31.4 Å². The fourth-order valence-corrected chi connectivity index (χ4v) is 4.62. The zero-order valence-electron chi connectivity index (χ0n) is 11.9. The summed E-state index contributed by atoms with van der Waals surface area (Å²) in [6.45, 7) is 7.40. The molecule has 1 rings (SSSR count).